The lowest BCUT2D eigenvalue weighted by atomic mass is 10.1. The summed E-state index contributed by atoms with van der Waals surface area (Å²) in [5.41, 5.74) is 4.29. The molecule has 1 aliphatic heterocycles. The number of para-hydroxylation sites is 1. The smallest absolute Gasteiger partial charge is 0.229 e. The SMILES string of the molecule is Cc1ccccc1Nc1nc(-c2ccccc2)cc(N2CCCCC2)n1. The van der Waals surface area contributed by atoms with Gasteiger partial charge in [0.1, 0.15) is 5.82 Å². The molecule has 2 heterocycles. The van der Waals surface area contributed by atoms with Gasteiger partial charge >= 0.3 is 0 Å². The maximum Gasteiger partial charge on any atom is 0.229 e. The summed E-state index contributed by atoms with van der Waals surface area (Å²) < 4.78 is 0. The summed E-state index contributed by atoms with van der Waals surface area (Å²) in [6.45, 7) is 4.22. The molecule has 3 aromatic rings. The average molecular weight is 344 g/mol. The second kappa shape index (κ2) is 7.56. The monoisotopic (exact) mass is 344 g/mol. The number of anilines is 3. The van der Waals surface area contributed by atoms with Crippen molar-refractivity contribution in [3.8, 4) is 11.3 Å². The lowest BCUT2D eigenvalue weighted by Gasteiger charge is -2.28. The Bertz CT molecular complexity index is 870. The molecule has 4 heteroatoms. The minimum atomic E-state index is 0.654. The molecule has 1 aliphatic rings. The highest BCUT2D eigenvalue weighted by atomic mass is 15.2. The van der Waals surface area contributed by atoms with Gasteiger partial charge in [0.15, 0.2) is 0 Å². The normalized spacial score (nSPS) is 14.3. The Morgan fingerprint density at radius 2 is 1.58 bits per heavy atom. The fourth-order valence-corrected chi connectivity index (χ4v) is 3.37. The summed E-state index contributed by atoms with van der Waals surface area (Å²) in [5, 5.41) is 3.41. The zero-order valence-electron chi connectivity index (χ0n) is 15.2. The molecule has 1 fully saturated rings. The van der Waals surface area contributed by atoms with Gasteiger partial charge in [-0.3, -0.25) is 0 Å². The van der Waals surface area contributed by atoms with Gasteiger partial charge in [-0.15, -0.1) is 0 Å². The van der Waals surface area contributed by atoms with Crippen LogP contribution in [-0.4, -0.2) is 23.1 Å². The van der Waals surface area contributed by atoms with Gasteiger partial charge in [0.05, 0.1) is 5.69 Å². The fraction of sp³-hybridized carbons (Fsp3) is 0.273. The van der Waals surface area contributed by atoms with Gasteiger partial charge in [-0.05, 0) is 37.8 Å². The minimum Gasteiger partial charge on any atom is -0.356 e. The number of piperidine rings is 1. The van der Waals surface area contributed by atoms with Crippen LogP contribution in [0, 0.1) is 6.92 Å². The van der Waals surface area contributed by atoms with E-state index in [4.69, 9.17) is 9.97 Å². The molecule has 1 saturated heterocycles. The standard InChI is InChI=1S/C22H24N4/c1-17-10-6-7-13-19(17)23-22-24-20(18-11-4-2-5-12-18)16-21(25-22)26-14-8-3-9-15-26/h2,4-7,10-13,16H,3,8-9,14-15H2,1H3,(H,23,24,25). The van der Waals surface area contributed by atoms with Crippen LogP contribution in [0.15, 0.2) is 60.7 Å². The van der Waals surface area contributed by atoms with Gasteiger partial charge in [-0.25, -0.2) is 4.98 Å². The van der Waals surface area contributed by atoms with Crippen LogP contribution in [0.25, 0.3) is 11.3 Å². The summed E-state index contributed by atoms with van der Waals surface area (Å²) in [6.07, 6.45) is 3.76. The number of aromatic nitrogens is 2. The molecular formula is C22H24N4. The quantitative estimate of drug-likeness (QED) is 0.707. The highest BCUT2D eigenvalue weighted by Gasteiger charge is 2.15. The minimum absolute atomic E-state index is 0.654. The lowest BCUT2D eigenvalue weighted by molar-refractivity contribution is 0.573. The van der Waals surface area contributed by atoms with E-state index in [0.717, 1.165) is 35.9 Å². The molecule has 0 amide bonds. The van der Waals surface area contributed by atoms with Gasteiger partial charge in [-0.2, -0.15) is 4.98 Å². The number of benzene rings is 2. The highest BCUT2D eigenvalue weighted by Crippen LogP contribution is 2.27. The molecule has 0 aliphatic carbocycles. The molecule has 2 aromatic carbocycles. The summed E-state index contributed by atoms with van der Waals surface area (Å²) >= 11 is 0. The summed E-state index contributed by atoms with van der Waals surface area (Å²) in [4.78, 5) is 12.0. The van der Waals surface area contributed by atoms with Gasteiger partial charge in [-0.1, -0.05) is 48.5 Å². The maximum atomic E-state index is 4.82. The van der Waals surface area contributed by atoms with Crippen LogP contribution in [0.4, 0.5) is 17.5 Å². The van der Waals surface area contributed by atoms with Crippen molar-refractivity contribution < 1.29 is 0 Å². The van der Waals surface area contributed by atoms with Gasteiger partial charge in [0.25, 0.3) is 0 Å². The molecule has 0 unspecified atom stereocenters. The predicted octanol–water partition coefficient (Wildman–Crippen LogP) is 5.19. The van der Waals surface area contributed by atoms with E-state index in [0.29, 0.717) is 5.95 Å². The van der Waals surface area contributed by atoms with Crippen LogP contribution < -0.4 is 10.2 Å². The summed E-state index contributed by atoms with van der Waals surface area (Å²) in [6, 6.07) is 20.7. The molecule has 0 atom stereocenters. The van der Waals surface area contributed by atoms with Crippen molar-refractivity contribution in [2.45, 2.75) is 26.2 Å². The van der Waals surface area contributed by atoms with Gasteiger partial charge in [0, 0.05) is 30.4 Å². The number of rotatable bonds is 4. The van der Waals surface area contributed by atoms with E-state index in [1.807, 2.05) is 30.3 Å². The summed E-state index contributed by atoms with van der Waals surface area (Å²) in [7, 11) is 0. The first-order valence-electron chi connectivity index (χ1n) is 9.32. The van der Waals surface area contributed by atoms with E-state index in [-0.39, 0.29) is 0 Å². The zero-order chi connectivity index (χ0) is 17.8. The molecule has 1 N–H and O–H groups in total. The number of nitrogens with one attached hydrogen (secondary N) is 1. The fourth-order valence-electron chi connectivity index (χ4n) is 3.37. The van der Waals surface area contributed by atoms with Crippen LogP contribution in [0.3, 0.4) is 0 Å². The highest BCUT2D eigenvalue weighted by molar-refractivity contribution is 5.67. The Morgan fingerprint density at radius 3 is 2.35 bits per heavy atom. The first-order chi connectivity index (χ1) is 12.8. The maximum absolute atomic E-state index is 4.82. The molecule has 4 nitrogen and oxygen atoms in total. The molecule has 1 aromatic heterocycles. The number of aryl methyl sites for hydroxylation is 1. The average Bonchev–Trinajstić information content (AvgIpc) is 2.71. The van der Waals surface area contributed by atoms with E-state index < -0.39 is 0 Å². The van der Waals surface area contributed by atoms with Crippen LogP contribution in [0.5, 0.6) is 0 Å². The zero-order valence-corrected chi connectivity index (χ0v) is 15.2. The van der Waals surface area contributed by atoms with Crippen molar-refractivity contribution in [3.05, 3.63) is 66.2 Å². The Kier molecular flexibility index (Phi) is 4.82. The lowest BCUT2D eigenvalue weighted by Crippen LogP contribution is -2.30. The van der Waals surface area contributed by atoms with Crippen LogP contribution in [0.1, 0.15) is 24.8 Å². The molecular weight excluding hydrogens is 320 g/mol. The predicted molar refractivity (Wildman–Crippen MR) is 108 cm³/mol. The molecule has 0 bridgehead atoms. The number of hydrogen-bond acceptors (Lipinski definition) is 4. The second-order valence-corrected chi connectivity index (χ2v) is 6.79. The van der Waals surface area contributed by atoms with E-state index in [9.17, 15) is 0 Å². The first kappa shape index (κ1) is 16.6. The van der Waals surface area contributed by atoms with Crippen molar-refractivity contribution in [1.82, 2.24) is 9.97 Å². The molecule has 0 radical (unpaired) electrons. The van der Waals surface area contributed by atoms with E-state index >= 15 is 0 Å². The van der Waals surface area contributed by atoms with Crippen molar-refractivity contribution in [2.24, 2.45) is 0 Å². The topological polar surface area (TPSA) is 41.1 Å². The first-order valence-corrected chi connectivity index (χ1v) is 9.32. The Labute approximate surface area is 154 Å². The molecule has 4 rings (SSSR count). The third-order valence-electron chi connectivity index (χ3n) is 4.85. The third-order valence-corrected chi connectivity index (χ3v) is 4.85. The van der Waals surface area contributed by atoms with Crippen molar-refractivity contribution in [2.75, 3.05) is 23.3 Å². The van der Waals surface area contributed by atoms with Crippen LogP contribution >= 0.6 is 0 Å². The van der Waals surface area contributed by atoms with Gasteiger partial charge < -0.3 is 10.2 Å². The van der Waals surface area contributed by atoms with Crippen molar-refractivity contribution >= 4 is 17.5 Å². The number of hydrogen-bond donors (Lipinski definition) is 1. The summed E-state index contributed by atoms with van der Waals surface area (Å²) in [5.74, 6) is 1.66. The largest absolute Gasteiger partial charge is 0.356 e. The Morgan fingerprint density at radius 1 is 0.846 bits per heavy atom. The van der Waals surface area contributed by atoms with Crippen LogP contribution in [-0.2, 0) is 0 Å². The molecule has 0 saturated carbocycles. The van der Waals surface area contributed by atoms with Gasteiger partial charge in [0.2, 0.25) is 5.95 Å². The molecule has 26 heavy (non-hydrogen) atoms. The molecule has 132 valence electrons. The van der Waals surface area contributed by atoms with E-state index in [1.165, 1.54) is 24.8 Å². The Balaban J connectivity index is 1.73. The Hall–Kier alpha value is -2.88. The van der Waals surface area contributed by atoms with Crippen molar-refractivity contribution in [3.63, 3.8) is 0 Å². The number of nitrogens with zero attached hydrogens (tertiary/aromatic N) is 3. The molecule has 0 spiro atoms. The van der Waals surface area contributed by atoms with Crippen molar-refractivity contribution in [1.29, 1.82) is 0 Å². The van der Waals surface area contributed by atoms with E-state index in [1.54, 1.807) is 0 Å². The van der Waals surface area contributed by atoms with Crippen LogP contribution in [0.2, 0.25) is 0 Å². The van der Waals surface area contributed by atoms with E-state index in [2.05, 4.69) is 47.5 Å². The second-order valence-electron chi connectivity index (χ2n) is 6.79. The third kappa shape index (κ3) is 3.69.